The van der Waals surface area contributed by atoms with Crippen LogP contribution in [0, 0.1) is 18.8 Å². The molecule has 2 aromatic rings. The molecule has 0 unspecified atom stereocenters. The monoisotopic (exact) mass is 415 g/mol. The zero-order valence-corrected chi connectivity index (χ0v) is 18.1. The average Bonchev–Trinajstić information content (AvgIpc) is 3.04. The standard InChI is InChI=1S/C22H29N3O3S/c1-13-7-9-16(10-8-13)21-18(29-22(23)25-21)11-20(27)28-12-19(26)24-17-6-4-5-14(2)15(17)3/h7-10,14-15,17H,4-6,11-12H2,1-3H3,(H2,23,25)(H,24,26)/t14-,15-,17-/m1/s1. The quantitative estimate of drug-likeness (QED) is 0.701. The second kappa shape index (κ2) is 9.39. The van der Waals surface area contributed by atoms with E-state index in [1.54, 1.807) is 0 Å². The number of hydrogen-bond donors (Lipinski definition) is 2. The minimum absolute atomic E-state index is 0.0439. The topological polar surface area (TPSA) is 94.3 Å². The van der Waals surface area contributed by atoms with Crippen molar-refractivity contribution in [3.05, 3.63) is 34.7 Å². The molecular formula is C22H29N3O3S. The first kappa shape index (κ1) is 21.3. The van der Waals surface area contributed by atoms with Crippen LogP contribution < -0.4 is 11.1 Å². The maximum absolute atomic E-state index is 12.3. The Morgan fingerprint density at radius 2 is 1.97 bits per heavy atom. The van der Waals surface area contributed by atoms with Crippen molar-refractivity contribution in [3.63, 3.8) is 0 Å². The molecule has 6 nitrogen and oxygen atoms in total. The van der Waals surface area contributed by atoms with Crippen molar-refractivity contribution >= 4 is 28.3 Å². The van der Waals surface area contributed by atoms with Crippen LogP contribution in [-0.2, 0) is 20.7 Å². The highest BCUT2D eigenvalue weighted by Crippen LogP contribution is 2.31. The molecule has 1 fully saturated rings. The molecule has 1 aliphatic rings. The minimum Gasteiger partial charge on any atom is -0.455 e. The molecule has 3 rings (SSSR count). The number of rotatable bonds is 6. The van der Waals surface area contributed by atoms with Gasteiger partial charge in [0.15, 0.2) is 11.7 Å². The lowest BCUT2D eigenvalue weighted by atomic mass is 9.78. The average molecular weight is 416 g/mol. The van der Waals surface area contributed by atoms with Gasteiger partial charge in [-0.3, -0.25) is 9.59 Å². The van der Waals surface area contributed by atoms with Gasteiger partial charge in [-0.1, -0.05) is 56.5 Å². The Kier molecular flexibility index (Phi) is 6.90. The van der Waals surface area contributed by atoms with Gasteiger partial charge in [0.1, 0.15) is 0 Å². The summed E-state index contributed by atoms with van der Waals surface area (Å²) in [6, 6.07) is 8.05. The van der Waals surface area contributed by atoms with E-state index in [0.717, 1.165) is 28.8 Å². The van der Waals surface area contributed by atoms with Gasteiger partial charge in [-0.25, -0.2) is 4.98 Å². The van der Waals surface area contributed by atoms with E-state index < -0.39 is 5.97 Å². The number of nitrogen functional groups attached to an aromatic ring is 1. The van der Waals surface area contributed by atoms with Gasteiger partial charge in [-0.05, 0) is 25.2 Å². The van der Waals surface area contributed by atoms with Crippen LogP contribution in [0.4, 0.5) is 5.13 Å². The number of amides is 1. The van der Waals surface area contributed by atoms with Crippen molar-refractivity contribution in [2.45, 2.75) is 52.5 Å². The third kappa shape index (κ3) is 5.56. The summed E-state index contributed by atoms with van der Waals surface area (Å²) in [5, 5.41) is 3.42. The number of nitrogens with zero attached hydrogens (tertiary/aromatic N) is 1. The van der Waals surface area contributed by atoms with E-state index in [2.05, 4.69) is 24.1 Å². The van der Waals surface area contributed by atoms with E-state index in [1.165, 1.54) is 17.8 Å². The van der Waals surface area contributed by atoms with Gasteiger partial charge in [-0.15, -0.1) is 11.3 Å². The highest BCUT2D eigenvalue weighted by atomic mass is 32.1. The molecule has 0 saturated heterocycles. The summed E-state index contributed by atoms with van der Waals surface area (Å²) in [6.07, 6.45) is 3.34. The van der Waals surface area contributed by atoms with Gasteiger partial charge in [0.25, 0.3) is 5.91 Å². The highest BCUT2D eigenvalue weighted by Gasteiger charge is 2.28. The first-order chi connectivity index (χ1) is 13.8. The van der Waals surface area contributed by atoms with Gasteiger partial charge in [-0.2, -0.15) is 0 Å². The number of esters is 1. The molecule has 3 N–H and O–H groups in total. The molecule has 29 heavy (non-hydrogen) atoms. The fourth-order valence-corrected chi connectivity index (χ4v) is 4.63. The van der Waals surface area contributed by atoms with E-state index in [-0.39, 0.29) is 25.0 Å². The van der Waals surface area contributed by atoms with Crippen LogP contribution >= 0.6 is 11.3 Å². The lowest BCUT2D eigenvalue weighted by Gasteiger charge is -2.34. The molecule has 156 valence electrons. The summed E-state index contributed by atoms with van der Waals surface area (Å²) in [4.78, 5) is 29.6. The summed E-state index contributed by atoms with van der Waals surface area (Å²) in [5.41, 5.74) is 8.61. The van der Waals surface area contributed by atoms with Crippen LogP contribution in [0.15, 0.2) is 24.3 Å². The Bertz CT molecular complexity index is 863. The normalized spacial score (nSPS) is 21.6. The van der Waals surface area contributed by atoms with Crippen molar-refractivity contribution < 1.29 is 14.3 Å². The molecule has 1 aromatic heterocycles. The SMILES string of the molecule is Cc1ccc(-c2nc(N)sc2CC(=O)OCC(=O)N[C@@H]2CCC[C@@H](C)[C@H]2C)cc1. The van der Waals surface area contributed by atoms with Gasteiger partial charge < -0.3 is 15.8 Å². The fraction of sp³-hybridized carbons (Fsp3) is 0.500. The van der Waals surface area contributed by atoms with Crippen molar-refractivity contribution in [1.29, 1.82) is 0 Å². The van der Waals surface area contributed by atoms with Crippen molar-refractivity contribution in [2.24, 2.45) is 11.8 Å². The zero-order chi connectivity index (χ0) is 21.0. The molecule has 1 amide bonds. The third-order valence-corrected chi connectivity index (χ3v) is 6.65. The van der Waals surface area contributed by atoms with Crippen LogP contribution in [-0.4, -0.2) is 29.5 Å². The number of ether oxygens (including phenoxy) is 1. The lowest BCUT2D eigenvalue weighted by Crippen LogP contribution is -2.45. The van der Waals surface area contributed by atoms with Crippen molar-refractivity contribution in [1.82, 2.24) is 10.3 Å². The number of nitrogens with two attached hydrogens (primary N) is 1. The molecule has 0 bridgehead atoms. The number of hydrogen-bond acceptors (Lipinski definition) is 6. The van der Waals surface area contributed by atoms with Gasteiger partial charge >= 0.3 is 5.97 Å². The number of carbonyl (C=O) groups is 2. The largest absolute Gasteiger partial charge is 0.455 e. The van der Waals surface area contributed by atoms with E-state index in [1.807, 2.05) is 31.2 Å². The van der Waals surface area contributed by atoms with E-state index >= 15 is 0 Å². The van der Waals surface area contributed by atoms with E-state index in [0.29, 0.717) is 22.7 Å². The van der Waals surface area contributed by atoms with Gasteiger partial charge in [0, 0.05) is 16.5 Å². The Balaban J connectivity index is 1.55. The number of benzene rings is 1. The number of thiazole rings is 1. The molecule has 1 aliphatic carbocycles. The van der Waals surface area contributed by atoms with Crippen LogP contribution in [0.5, 0.6) is 0 Å². The molecule has 3 atom stereocenters. The van der Waals surface area contributed by atoms with Crippen LogP contribution in [0.2, 0.25) is 0 Å². The van der Waals surface area contributed by atoms with Gasteiger partial charge in [0.2, 0.25) is 0 Å². The highest BCUT2D eigenvalue weighted by molar-refractivity contribution is 7.15. The fourth-order valence-electron chi connectivity index (χ4n) is 3.79. The van der Waals surface area contributed by atoms with Crippen LogP contribution in [0.25, 0.3) is 11.3 Å². The maximum Gasteiger partial charge on any atom is 0.311 e. The smallest absolute Gasteiger partial charge is 0.311 e. The van der Waals surface area contributed by atoms with Crippen LogP contribution in [0.1, 0.15) is 43.6 Å². The molecule has 0 spiro atoms. The Morgan fingerprint density at radius 1 is 1.24 bits per heavy atom. The first-order valence-corrected chi connectivity index (χ1v) is 10.9. The number of anilines is 1. The van der Waals surface area contributed by atoms with Crippen molar-refractivity contribution in [2.75, 3.05) is 12.3 Å². The summed E-state index contributed by atoms with van der Waals surface area (Å²) in [7, 11) is 0. The zero-order valence-electron chi connectivity index (χ0n) is 17.2. The summed E-state index contributed by atoms with van der Waals surface area (Å²) >= 11 is 1.27. The van der Waals surface area contributed by atoms with E-state index in [4.69, 9.17) is 10.5 Å². The molecule has 7 heteroatoms. The molecule has 1 saturated carbocycles. The molecule has 1 heterocycles. The summed E-state index contributed by atoms with van der Waals surface area (Å²) < 4.78 is 5.22. The predicted molar refractivity (Wildman–Crippen MR) is 115 cm³/mol. The Labute approximate surface area is 175 Å². The van der Waals surface area contributed by atoms with E-state index in [9.17, 15) is 9.59 Å². The Morgan fingerprint density at radius 3 is 2.69 bits per heavy atom. The minimum atomic E-state index is -0.456. The number of nitrogens with one attached hydrogen (secondary N) is 1. The summed E-state index contributed by atoms with van der Waals surface area (Å²) in [5.74, 6) is 0.323. The van der Waals surface area contributed by atoms with Gasteiger partial charge in [0.05, 0.1) is 12.1 Å². The molecule has 0 aliphatic heterocycles. The number of aryl methyl sites for hydroxylation is 1. The van der Waals surface area contributed by atoms with Crippen LogP contribution in [0.3, 0.4) is 0 Å². The Hall–Kier alpha value is -2.41. The number of aromatic nitrogens is 1. The van der Waals surface area contributed by atoms with Crippen molar-refractivity contribution in [3.8, 4) is 11.3 Å². The molecular weight excluding hydrogens is 386 g/mol. The molecule has 1 aromatic carbocycles. The second-order valence-corrected chi connectivity index (χ2v) is 9.08. The first-order valence-electron chi connectivity index (χ1n) is 10.1. The lowest BCUT2D eigenvalue weighted by molar-refractivity contribution is -0.148. The summed E-state index contributed by atoms with van der Waals surface area (Å²) in [6.45, 7) is 6.14. The molecule has 0 radical (unpaired) electrons. The maximum atomic E-state index is 12.3. The number of carbonyl (C=O) groups excluding carboxylic acids is 2. The predicted octanol–water partition coefficient (Wildman–Crippen LogP) is 3.73. The third-order valence-electron chi connectivity index (χ3n) is 5.76. The second-order valence-electron chi connectivity index (χ2n) is 7.97.